The van der Waals surface area contributed by atoms with Gasteiger partial charge in [0.1, 0.15) is 12.2 Å². The van der Waals surface area contributed by atoms with Crippen LogP contribution in [0.25, 0.3) is 11.0 Å². The number of hydrazone groups is 1. The number of carbonyl (C=O) groups is 1. The molecule has 0 saturated carbocycles. The van der Waals surface area contributed by atoms with Crippen molar-refractivity contribution in [3.8, 4) is 5.75 Å². The van der Waals surface area contributed by atoms with Gasteiger partial charge in [0, 0.05) is 13.4 Å². The van der Waals surface area contributed by atoms with Crippen molar-refractivity contribution in [2.24, 2.45) is 5.10 Å². The average molecular weight is 723 g/mol. The van der Waals surface area contributed by atoms with Crippen molar-refractivity contribution in [2.75, 3.05) is 0 Å². The van der Waals surface area contributed by atoms with Gasteiger partial charge < -0.3 is 9.15 Å². The summed E-state index contributed by atoms with van der Waals surface area (Å²) in [6.45, 7) is 0.337. The average Bonchev–Trinajstić information content (AvgIpc) is 3.19. The number of hydrogen-bond donors (Lipinski definition) is 1. The van der Waals surface area contributed by atoms with Crippen LogP contribution in [0.15, 0.2) is 73.1 Å². The van der Waals surface area contributed by atoms with Gasteiger partial charge in [0.15, 0.2) is 11.5 Å². The Kier molecular flexibility index (Phi) is 8.01. The highest BCUT2D eigenvalue weighted by Gasteiger charge is 2.14. The van der Waals surface area contributed by atoms with Crippen LogP contribution in [0.1, 0.15) is 21.7 Å². The smallest absolute Gasteiger partial charge is 0.307 e. The summed E-state index contributed by atoms with van der Waals surface area (Å²) < 4.78 is 14.2. The van der Waals surface area contributed by atoms with Gasteiger partial charge in [0.05, 0.1) is 20.7 Å². The molecule has 4 rings (SSSR count). The molecule has 0 fully saturated rings. The lowest BCUT2D eigenvalue weighted by atomic mass is 10.2. The lowest BCUT2D eigenvalue weighted by Gasteiger charge is -2.11. The van der Waals surface area contributed by atoms with Gasteiger partial charge in [-0.15, -0.1) is 0 Å². The van der Waals surface area contributed by atoms with Crippen molar-refractivity contribution in [1.82, 2.24) is 5.43 Å². The van der Waals surface area contributed by atoms with E-state index in [-0.39, 0.29) is 5.76 Å². The SMILES string of the molecule is O=C(N/N=C\c1cc(Cl)c(OCc2ccc(I)cc2)c(Cl)c1)c1cc2cc(Br)cc(Br)c2o1. The highest BCUT2D eigenvalue weighted by atomic mass is 127. The Balaban J connectivity index is 1.42. The zero-order valence-electron chi connectivity index (χ0n) is 16.5. The Hall–Kier alpha value is -1.59. The maximum absolute atomic E-state index is 12.4. The van der Waals surface area contributed by atoms with E-state index >= 15 is 0 Å². The van der Waals surface area contributed by atoms with Crippen LogP contribution in [0.2, 0.25) is 10.0 Å². The van der Waals surface area contributed by atoms with Crippen LogP contribution in [0.4, 0.5) is 0 Å². The van der Waals surface area contributed by atoms with E-state index < -0.39 is 5.91 Å². The van der Waals surface area contributed by atoms with Crippen LogP contribution < -0.4 is 10.2 Å². The third-order valence-electron chi connectivity index (χ3n) is 4.46. The lowest BCUT2D eigenvalue weighted by molar-refractivity contribution is 0.0929. The van der Waals surface area contributed by atoms with E-state index in [2.05, 4.69) is 65.0 Å². The first-order valence-corrected chi connectivity index (χ1v) is 12.8. The fourth-order valence-corrected chi connectivity index (χ4v) is 5.25. The minimum absolute atomic E-state index is 0.136. The van der Waals surface area contributed by atoms with Gasteiger partial charge in [-0.3, -0.25) is 4.79 Å². The number of ether oxygens (including phenoxy) is 1. The molecule has 0 spiro atoms. The number of halogens is 5. The number of fused-ring (bicyclic) bond motifs is 1. The molecule has 0 aliphatic carbocycles. The quantitative estimate of drug-likeness (QED) is 0.124. The van der Waals surface area contributed by atoms with Crippen molar-refractivity contribution < 1.29 is 13.9 Å². The molecule has 3 aromatic carbocycles. The van der Waals surface area contributed by atoms with E-state index in [1.807, 2.05) is 36.4 Å². The molecular weight excluding hydrogens is 710 g/mol. The molecule has 0 bridgehead atoms. The van der Waals surface area contributed by atoms with Gasteiger partial charge in [0.25, 0.3) is 0 Å². The van der Waals surface area contributed by atoms with E-state index in [0.29, 0.717) is 33.5 Å². The van der Waals surface area contributed by atoms with Crippen molar-refractivity contribution in [3.63, 3.8) is 0 Å². The number of nitrogens with zero attached hydrogens (tertiary/aromatic N) is 1. The molecule has 33 heavy (non-hydrogen) atoms. The minimum atomic E-state index is -0.486. The molecule has 0 aliphatic rings. The zero-order chi connectivity index (χ0) is 23.5. The Labute approximate surface area is 229 Å². The van der Waals surface area contributed by atoms with Crippen molar-refractivity contribution in [1.29, 1.82) is 0 Å². The fraction of sp³-hybridized carbons (Fsp3) is 0.0435. The molecule has 0 radical (unpaired) electrons. The van der Waals surface area contributed by atoms with Gasteiger partial charge in [-0.25, -0.2) is 5.43 Å². The zero-order valence-corrected chi connectivity index (χ0v) is 23.4. The summed E-state index contributed by atoms with van der Waals surface area (Å²) in [4.78, 5) is 12.4. The molecule has 0 unspecified atom stereocenters. The van der Waals surface area contributed by atoms with Gasteiger partial charge in [-0.05, 0) is 92.1 Å². The summed E-state index contributed by atoms with van der Waals surface area (Å²) in [5.41, 5.74) is 4.62. The standard InChI is InChI=1S/C23H13Br2Cl2IN2O3/c24-15-7-14-8-20(33-21(14)17(25)9-15)23(31)30-29-10-13-5-18(26)22(19(27)6-13)32-11-12-1-3-16(28)4-2-12/h1-10H,11H2,(H,30,31)/b29-10-. The molecule has 1 amide bonds. The number of nitrogens with one attached hydrogen (secondary N) is 1. The van der Waals surface area contributed by atoms with E-state index in [0.717, 1.165) is 23.5 Å². The summed E-state index contributed by atoms with van der Waals surface area (Å²) >= 11 is 21.8. The Bertz CT molecular complexity index is 1350. The van der Waals surface area contributed by atoms with Crippen LogP contribution >= 0.6 is 77.7 Å². The van der Waals surface area contributed by atoms with Crippen molar-refractivity contribution >= 4 is 101 Å². The molecule has 10 heteroatoms. The second-order valence-corrected chi connectivity index (χ2v) is 10.7. The van der Waals surface area contributed by atoms with Crippen LogP contribution in [0.5, 0.6) is 5.75 Å². The predicted octanol–water partition coefficient (Wildman–Crippen LogP) is 8.21. The topological polar surface area (TPSA) is 63.8 Å². The minimum Gasteiger partial charge on any atom is -0.486 e. The second-order valence-electron chi connectivity index (χ2n) is 6.84. The summed E-state index contributed by atoms with van der Waals surface area (Å²) in [6.07, 6.45) is 1.44. The molecule has 0 atom stereocenters. The van der Waals surface area contributed by atoms with Crippen LogP contribution in [0, 0.1) is 3.57 Å². The molecule has 0 saturated heterocycles. The first kappa shape index (κ1) is 24.5. The number of furan rings is 1. The largest absolute Gasteiger partial charge is 0.486 e. The van der Waals surface area contributed by atoms with Gasteiger partial charge in [-0.2, -0.15) is 5.10 Å². The molecule has 1 N–H and O–H groups in total. The molecule has 168 valence electrons. The number of amides is 1. The first-order valence-electron chi connectivity index (χ1n) is 9.38. The summed E-state index contributed by atoms with van der Waals surface area (Å²) in [5, 5.41) is 5.44. The normalized spacial score (nSPS) is 11.3. The summed E-state index contributed by atoms with van der Waals surface area (Å²) in [5.74, 6) is 0.0357. The Morgan fingerprint density at radius 1 is 1.09 bits per heavy atom. The monoisotopic (exact) mass is 720 g/mol. The molecule has 1 heterocycles. The van der Waals surface area contributed by atoms with E-state index in [1.54, 1.807) is 18.2 Å². The number of carbonyl (C=O) groups excluding carboxylic acids is 1. The number of rotatable bonds is 6. The number of benzene rings is 3. The highest BCUT2D eigenvalue weighted by molar-refractivity contribution is 14.1. The van der Waals surface area contributed by atoms with E-state index in [4.69, 9.17) is 32.4 Å². The van der Waals surface area contributed by atoms with Crippen molar-refractivity contribution in [3.05, 3.63) is 94.0 Å². The van der Waals surface area contributed by atoms with E-state index in [1.165, 1.54) is 6.21 Å². The highest BCUT2D eigenvalue weighted by Crippen LogP contribution is 2.34. The lowest BCUT2D eigenvalue weighted by Crippen LogP contribution is -2.16. The van der Waals surface area contributed by atoms with Crippen LogP contribution in [0.3, 0.4) is 0 Å². The Morgan fingerprint density at radius 3 is 2.48 bits per heavy atom. The van der Waals surface area contributed by atoms with E-state index in [9.17, 15) is 4.79 Å². The summed E-state index contributed by atoms with van der Waals surface area (Å²) in [7, 11) is 0. The third-order valence-corrected chi connectivity index (χ3v) is 6.78. The van der Waals surface area contributed by atoms with Crippen molar-refractivity contribution in [2.45, 2.75) is 6.61 Å². The van der Waals surface area contributed by atoms with Gasteiger partial charge >= 0.3 is 5.91 Å². The molecular formula is C23H13Br2Cl2IN2O3. The summed E-state index contributed by atoms with van der Waals surface area (Å²) in [6, 6.07) is 16.6. The fourth-order valence-electron chi connectivity index (χ4n) is 2.94. The molecule has 0 aliphatic heterocycles. The second kappa shape index (κ2) is 10.8. The van der Waals surface area contributed by atoms with Crippen LogP contribution in [-0.2, 0) is 6.61 Å². The predicted molar refractivity (Wildman–Crippen MR) is 147 cm³/mol. The maximum Gasteiger partial charge on any atom is 0.307 e. The maximum atomic E-state index is 12.4. The first-order chi connectivity index (χ1) is 15.8. The molecule has 4 aromatic rings. The number of hydrogen-bond acceptors (Lipinski definition) is 4. The van der Waals surface area contributed by atoms with Gasteiger partial charge in [0.2, 0.25) is 0 Å². The molecule has 1 aromatic heterocycles. The molecule has 5 nitrogen and oxygen atoms in total. The third kappa shape index (κ3) is 6.10. The van der Waals surface area contributed by atoms with Gasteiger partial charge in [-0.1, -0.05) is 51.3 Å². The van der Waals surface area contributed by atoms with Crippen LogP contribution in [-0.4, -0.2) is 12.1 Å². The Morgan fingerprint density at radius 2 is 1.79 bits per heavy atom.